The number of H-pyrrole nitrogens is 1. The van der Waals surface area contributed by atoms with Crippen LogP contribution in [0, 0.1) is 0 Å². The molecule has 4 rings (SSSR count). The molecule has 0 amide bonds. The number of alkyl halides is 6. The fourth-order valence-corrected chi connectivity index (χ4v) is 3.77. The third-order valence-corrected chi connectivity index (χ3v) is 5.57. The lowest BCUT2D eigenvalue weighted by atomic mass is 10.1. The molecule has 14 heteroatoms. The first-order chi connectivity index (χ1) is 18.7. The molecule has 0 aliphatic heterocycles. The van der Waals surface area contributed by atoms with E-state index < -0.39 is 47.1 Å². The fraction of sp³-hybridized carbons (Fsp3) is 0.269. The first kappa shape index (κ1) is 30.1. The zero-order chi connectivity index (χ0) is 29.8. The lowest BCUT2D eigenvalue weighted by molar-refractivity contribution is -0.143. The molecule has 0 unspecified atom stereocenters. The fourth-order valence-electron chi connectivity index (χ4n) is 3.77. The van der Waals surface area contributed by atoms with Crippen LogP contribution in [0.1, 0.15) is 18.1 Å². The van der Waals surface area contributed by atoms with E-state index in [1.165, 1.54) is 32.4 Å². The van der Waals surface area contributed by atoms with E-state index in [1.807, 2.05) is 0 Å². The van der Waals surface area contributed by atoms with E-state index in [2.05, 4.69) is 4.98 Å². The van der Waals surface area contributed by atoms with E-state index >= 15 is 0 Å². The molecule has 0 saturated carbocycles. The van der Waals surface area contributed by atoms with Crippen LogP contribution in [0.2, 0.25) is 0 Å². The number of carbonyl (C=O) groups is 1. The lowest BCUT2D eigenvalue weighted by Gasteiger charge is -2.14. The third kappa shape index (κ3) is 6.74. The maximum Gasteiger partial charge on any atom is 0.416 e. The summed E-state index contributed by atoms with van der Waals surface area (Å²) < 4.78 is 91.8. The van der Waals surface area contributed by atoms with E-state index in [9.17, 15) is 40.7 Å². The Bertz CT molecular complexity index is 1660. The van der Waals surface area contributed by atoms with Gasteiger partial charge in [-0.15, -0.1) is 0 Å². The number of esters is 1. The summed E-state index contributed by atoms with van der Waals surface area (Å²) in [6.45, 7) is 1.22. The number of hydrogen-bond acceptors (Lipinski definition) is 6. The number of ether oxygens (including phenoxy) is 3. The highest BCUT2D eigenvalue weighted by molar-refractivity contribution is 5.87. The average Bonchev–Trinajstić information content (AvgIpc) is 2.88. The normalized spacial score (nSPS) is 11.6. The third-order valence-electron chi connectivity index (χ3n) is 5.57. The van der Waals surface area contributed by atoms with Crippen LogP contribution in [0.25, 0.3) is 21.8 Å². The van der Waals surface area contributed by atoms with Gasteiger partial charge in [0.2, 0.25) is 0 Å². The number of rotatable bonds is 5. The number of hydrogen-bond donors (Lipinski definition) is 1. The van der Waals surface area contributed by atoms with Crippen molar-refractivity contribution in [2.45, 2.75) is 25.8 Å². The summed E-state index contributed by atoms with van der Waals surface area (Å²) in [6.07, 6.45) is -9.00. The molecule has 2 aromatic carbocycles. The van der Waals surface area contributed by atoms with Gasteiger partial charge in [0, 0.05) is 22.9 Å². The molecule has 0 aliphatic rings. The van der Waals surface area contributed by atoms with Crippen LogP contribution in [0.3, 0.4) is 0 Å². The van der Waals surface area contributed by atoms with Crippen LogP contribution in [0.15, 0.2) is 58.1 Å². The van der Waals surface area contributed by atoms with Crippen LogP contribution in [0.5, 0.6) is 11.5 Å². The molecule has 0 aliphatic carbocycles. The van der Waals surface area contributed by atoms with Gasteiger partial charge in [-0.3, -0.25) is 19.0 Å². The van der Waals surface area contributed by atoms with Gasteiger partial charge in [-0.1, -0.05) is 0 Å². The number of nitrogens with one attached hydrogen (secondary N) is 1. The van der Waals surface area contributed by atoms with Crippen molar-refractivity contribution < 1.29 is 45.3 Å². The van der Waals surface area contributed by atoms with Gasteiger partial charge in [-0.25, -0.2) is 0 Å². The number of fused-ring (bicyclic) bond motifs is 2. The van der Waals surface area contributed by atoms with Gasteiger partial charge in [-0.2, -0.15) is 26.3 Å². The van der Waals surface area contributed by atoms with Crippen LogP contribution in [-0.4, -0.2) is 36.3 Å². The van der Waals surface area contributed by atoms with Crippen molar-refractivity contribution in [2.75, 3.05) is 20.8 Å². The number of carbonyl (C=O) groups excluding carboxylic acids is 1. The van der Waals surface area contributed by atoms with Crippen molar-refractivity contribution >= 4 is 27.8 Å². The minimum atomic E-state index is -4.57. The predicted octanol–water partition coefficient (Wildman–Crippen LogP) is 5.15. The standard InChI is InChI=1S/C15H14F3NO4.C11H8F3NO2/c1-3-23-14(21)8-19-11-6-9(15(16,17)18)4-5-10(11)12(22-2)7-13(19)20;1-17-9-5-10(16)15-8-4-6(11(12,13)14)2-3-7(8)9/h4-7H,3,8H2,1-2H3;2-5H,1H3,(H,15,16). The Hall–Kier alpha value is -4.49. The van der Waals surface area contributed by atoms with Crippen LogP contribution < -0.4 is 20.6 Å². The van der Waals surface area contributed by atoms with Crippen molar-refractivity contribution in [1.82, 2.24) is 9.55 Å². The number of nitrogens with zero attached hydrogens (tertiary/aromatic N) is 1. The SMILES string of the molecule is CCOC(=O)Cn1c(=O)cc(OC)c2ccc(C(F)(F)F)cc21.COc1cc(=O)[nH]c2cc(C(F)(F)F)ccc12. The van der Waals surface area contributed by atoms with Crippen molar-refractivity contribution in [1.29, 1.82) is 0 Å². The summed E-state index contributed by atoms with van der Waals surface area (Å²) in [4.78, 5) is 37.3. The highest BCUT2D eigenvalue weighted by Gasteiger charge is 2.32. The molecule has 0 fully saturated rings. The molecule has 0 radical (unpaired) electrons. The van der Waals surface area contributed by atoms with Crippen molar-refractivity contribution in [3.8, 4) is 11.5 Å². The predicted molar refractivity (Wildman–Crippen MR) is 133 cm³/mol. The number of methoxy groups -OCH3 is 2. The Labute approximate surface area is 221 Å². The van der Waals surface area contributed by atoms with Crippen molar-refractivity contribution in [3.63, 3.8) is 0 Å². The molecule has 8 nitrogen and oxygen atoms in total. The minimum Gasteiger partial charge on any atom is -0.496 e. The van der Waals surface area contributed by atoms with E-state index in [1.54, 1.807) is 6.92 Å². The molecule has 40 heavy (non-hydrogen) atoms. The lowest BCUT2D eigenvalue weighted by Crippen LogP contribution is -2.25. The Morgan fingerprint density at radius 3 is 1.93 bits per heavy atom. The van der Waals surface area contributed by atoms with Gasteiger partial charge in [-0.05, 0) is 43.3 Å². The van der Waals surface area contributed by atoms with Gasteiger partial charge >= 0.3 is 18.3 Å². The Morgan fingerprint density at radius 1 is 0.825 bits per heavy atom. The molecular weight excluding hydrogens is 550 g/mol. The quantitative estimate of drug-likeness (QED) is 0.263. The van der Waals surface area contributed by atoms with Gasteiger partial charge in [0.15, 0.2) is 0 Å². The van der Waals surface area contributed by atoms with Gasteiger partial charge in [0.1, 0.15) is 18.0 Å². The minimum absolute atomic E-state index is 0.0442. The maximum absolute atomic E-state index is 12.9. The van der Waals surface area contributed by atoms with E-state index in [4.69, 9.17) is 14.2 Å². The zero-order valence-corrected chi connectivity index (χ0v) is 21.2. The smallest absolute Gasteiger partial charge is 0.416 e. The second-order valence-electron chi connectivity index (χ2n) is 8.13. The molecular formula is C26H22F6N2O6. The maximum atomic E-state index is 12.9. The summed E-state index contributed by atoms with van der Waals surface area (Å²) >= 11 is 0. The Morgan fingerprint density at radius 2 is 1.38 bits per heavy atom. The first-order valence-corrected chi connectivity index (χ1v) is 11.4. The Kier molecular flexibility index (Phi) is 8.80. The molecule has 214 valence electrons. The Balaban J connectivity index is 0.000000230. The monoisotopic (exact) mass is 572 g/mol. The molecule has 0 saturated heterocycles. The largest absolute Gasteiger partial charge is 0.496 e. The number of aromatic nitrogens is 2. The van der Waals surface area contributed by atoms with Gasteiger partial charge in [0.25, 0.3) is 11.1 Å². The number of halogens is 6. The molecule has 2 aromatic heterocycles. The second kappa shape index (κ2) is 11.7. The zero-order valence-electron chi connectivity index (χ0n) is 21.2. The summed E-state index contributed by atoms with van der Waals surface area (Å²) in [5.74, 6) is -0.324. The molecule has 1 N–H and O–H groups in total. The number of aromatic amines is 1. The van der Waals surface area contributed by atoms with E-state index in [0.717, 1.165) is 34.9 Å². The molecule has 2 heterocycles. The average molecular weight is 572 g/mol. The topological polar surface area (TPSA) is 99.6 Å². The molecule has 4 aromatic rings. The number of benzene rings is 2. The molecule has 0 atom stereocenters. The van der Waals surface area contributed by atoms with Gasteiger partial charge < -0.3 is 19.2 Å². The van der Waals surface area contributed by atoms with Crippen LogP contribution >= 0.6 is 0 Å². The van der Waals surface area contributed by atoms with E-state index in [-0.39, 0.29) is 29.1 Å². The van der Waals surface area contributed by atoms with Crippen molar-refractivity contribution in [3.05, 3.63) is 80.4 Å². The van der Waals surface area contributed by atoms with Crippen LogP contribution in [0.4, 0.5) is 26.3 Å². The highest BCUT2D eigenvalue weighted by atomic mass is 19.4. The van der Waals surface area contributed by atoms with E-state index in [0.29, 0.717) is 10.8 Å². The highest BCUT2D eigenvalue weighted by Crippen LogP contribution is 2.34. The van der Waals surface area contributed by atoms with Crippen molar-refractivity contribution in [2.24, 2.45) is 0 Å². The summed E-state index contributed by atoms with van der Waals surface area (Å²) in [7, 11) is 2.66. The van der Waals surface area contributed by atoms with Gasteiger partial charge in [0.05, 0.1) is 43.0 Å². The summed E-state index contributed by atoms with van der Waals surface area (Å²) in [6, 6.07) is 8.33. The second-order valence-corrected chi connectivity index (χ2v) is 8.13. The number of pyridine rings is 2. The molecule has 0 bridgehead atoms. The first-order valence-electron chi connectivity index (χ1n) is 11.4. The molecule has 0 spiro atoms. The summed E-state index contributed by atoms with van der Waals surface area (Å²) in [5.41, 5.74) is -2.83. The van der Waals surface area contributed by atoms with Crippen LogP contribution in [-0.2, 0) is 28.4 Å². The summed E-state index contributed by atoms with van der Waals surface area (Å²) in [5, 5.41) is 0.726.